The standard InChI is InChI=1S/C20H27NO3S/c22-20(15-7-3-1-4-8-15)21-16-11-12-17(21)14-19(13-16)25(23,24)18-9-5-2-6-10-18/h2,5-6,9-10,15-17,19H,1,3-4,7-8,11-14H2. The molecule has 1 amide bonds. The summed E-state index contributed by atoms with van der Waals surface area (Å²) in [6.07, 6.45) is 8.72. The maximum Gasteiger partial charge on any atom is 0.226 e. The minimum Gasteiger partial charge on any atom is -0.336 e. The number of hydrogen-bond acceptors (Lipinski definition) is 3. The molecule has 2 unspecified atom stereocenters. The summed E-state index contributed by atoms with van der Waals surface area (Å²) in [5.41, 5.74) is 0. The van der Waals surface area contributed by atoms with E-state index in [0.29, 0.717) is 23.6 Å². The van der Waals surface area contributed by atoms with E-state index in [-0.39, 0.29) is 23.3 Å². The molecule has 4 nitrogen and oxygen atoms in total. The van der Waals surface area contributed by atoms with Crippen molar-refractivity contribution < 1.29 is 13.2 Å². The molecule has 1 aliphatic carbocycles. The highest BCUT2D eigenvalue weighted by Crippen LogP contribution is 2.41. The molecule has 3 aliphatic rings. The molecule has 2 saturated heterocycles. The SMILES string of the molecule is O=C(C1CCCCC1)N1C2CCC1CC(S(=O)(=O)c1ccccc1)C2. The first-order valence-corrected chi connectivity index (χ1v) is 11.2. The van der Waals surface area contributed by atoms with E-state index < -0.39 is 9.84 Å². The average Bonchev–Trinajstić information content (AvgIpc) is 2.91. The molecule has 0 aromatic heterocycles. The van der Waals surface area contributed by atoms with Crippen LogP contribution in [0.4, 0.5) is 0 Å². The monoisotopic (exact) mass is 361 g/mol. The lowest BCUT2D eigenvalue weighted by Gasteiger charge is -2.41. The van der Waals surface area contributed by atoms with Crippen LogP contribution in [0.2, 0.25) is 0 Å². The van der Waals surface area contributed by atoms with Crippen molar-refractivity contribution in [1.29, 1.82) is 0 Å². The van der Waals surface area contributed by atoms with Crippen LogP contribution in [0.1, 0.15) is 57.8 Å². The summed E-state index contributed by atoms with van der Waals surface area (Å²) in [4.78, 5) is 15.5. The number of carbonyl (C=O) groups excluding carboxylic acids is 1. The van der Waals surface area contributed by atoms with Crippen molar-refractivity contribution in [2.75, 3.05) is 0 Å². The number of fused-ring (bicyclic) bond motifs is 2. The lowest BCUT2D eigenvalue weighted by Crippen LogP contribution is -2.51. The summed E-state index contributed by atoms with van der Waals surface area (Å²) in [5, 5.41) is -0.345. The molecule has 2 aliphatic heterocycles. The predicted octanol–water partition coefficient (Wildman–Crippen LogP) is 3.56. The van der Waals surface area contributed by atoms with Crippen LogP contribution in [0.5, 0.6) is 0 Å². The fourth-order valence-electron chi connectivity index (χ4n) is 5.10. The van der Waals surface area contributed by atoms with Crippen LogP contribution in [-0.2, 0) is 14.6 Å². The summed E-state index contributed by atoms with van der Waals surface area (Å²) < 4.78 is 26.0. The summed E-state index contributed by atoms with van der Waals surface area (Å²) in [5.74, 6) is 0.488. The molecule has 136 valence electrons. The molecule has 2 heterocycles. The second kappa shape index (κ2) is 6.75. The number of rotatable bonds is 3. The van der Waals surface area contributed by atoms with Crippen LogP contribution in [0.25, 0.3) is 0 Å². The highest BCUT2D eigenvalue weighted by Gasteiger charge is 2.48. The molecule has 0 N–H and O–H groups in total. The zero-order valence-corrected chi connectivity index (χ0v) is 15.5. The summed E-state index contributed by atoms with van der Waals surface area (Å²) in [6, 6.07) is 9.03. The fourth-order valence-corrected chi connectivity index (χ4v) is 6.98. The Morgan fingerprint density at radius 3 is 2.08 bits per heavy atom. The number of nitrogens with zero attached hydrogens (tertiary/aromatic N) is 1. The van der Waals surface area contributed by atoms with Gasteiger partial charge < -0.3 is 4.90 Å². The zero-order chi connectivity index (χ0) is 17.4. The van der Waals surface area contributed by atoms with Crippen LogP contribution in [0.3, 0.4) is 0 Å². The van der Waals surface area contributed by atoms with Gasteiger partial charge in [-0.15, -0.1) is 0 Å². The van der Waals surface area contributed by atoms with Crippen molar-refractivity contribution in [2.45, 2.75) is 80.0 Å². The zero-order valence-electron chi connectivity index (χ0n) is 14.6. The Morgan fingerprint density at radius 2 is 1.48 bits per heavy atom. The molecule has 1 aromatic carbocycles. The van der Waals surface area contributed by atoms with Gasteiger partial charge in [0.05, 0.1) is 10.1 Å². The van der Waals surface area contributed by atoms with E-state index in [2.05, 4.69) is 4.90 Å². The normalized spacial score (nSPS) is 30.4. The van der Waals surface area contributed by atoms with Gasteiger partial charge in [-0.3, -0.25) is 4.79 Å². The summed E-state index contributed by atoms with van der Waals surface area (Å²) in [6.45, 7) is 0. The topological polar surface area (TPSA) is 54.5 Å². The fraction of sp³-hybridized carbons (Fsp3) is 0.650. The maximum absolute atomic E-state index is 13.0. The third-order valence-corrected chi connectivity index (χ3v) is 8.60. The van der Waals surface area contributed by atoms with Gasteiger partial charge in [0, 0.05) is 18.0 Å². The Hall–Kier alpha value is -1.36. The van der Waals surface area contributed by atoms with E-state index in [4.69, 9.17) is 0 Å². The Morgan fingerprint density at radius 1 is 0.880 bits per heavy atom. The van der Waals surface area contributed by atoms with Gasteiger partial charge in [0.15, 0.2) is 9.84 Å². The number of sulfone groups is 1. The van der Waals surface area contributed by atoms with Crippen molar-refractivity contribution >= 4 is 15.7 Å². The Kier molecular flexibility index (Phi) is 4.61. The largest absolute Gasteiger partial charge is 0.336 e. The van der Waals surface area contributed by atoms with Gasteiger partial charge in [0.2, 0.25) is 5.91 Å². The number of piperidine rings is 1. The van der Waals surface area contributed by atoms with Gasteiger partial charge in [-0.1, -0.05) is 37.5 Å². The minimum atomic E-state index is -3.30. The van der Waals surface area contributed by atoms with Crippen LogP contribution >= 0.6 is 0 Å². The number of benzene rings is 1. The van der Waals surface area contributed by atoms with E-state index in [1.807, 2.05) is 6.07 Å². The van der Waals surface area contributed by atoms with E-state index in [1.54, 1.807) is 24.3 Å². The first-order chi connectivity index (χ1) is 12.1. The van der Waals surface area contributed by atoms with Gasteiger partial charge in [0.1, 0.15) is 0 Å². The highest BCUT2D eigenvalue weighted by atomic mass is 32.2. The number of amides is 1. The quantitative estimate of drug-likeness (QED) is 0.827. The van der Waals surface area contributed by atoms with Crippen molar-refractivity contribution in [3.8, 4) is 0 Å². The second-order valence-electron chi connectivity index (χ2n) is 7.92. The molecule has 2 bridgehead atoms. The van der Waals surface area contributed by atoms with Crippen LogP contribution < -0.4 is 0 Å². The molecule has 2 atom stereocenters. The Labute approximate surface area is 150 Å². The molecule has 4 rings (SSSR count). The highest BCUT2D eigenvalue weighted by molar-refractivity contribution is 7.92. The number of hydrogen-bond donors (Lipinski definition) is 0. The molecule has 25 heavy (non-hydrogen) atoms. The smallest absolute Gasteiger partial charge is 0.226 e. The van der Waals surface area contributed by atoms with Crippen molar-refractivity contribution in [1.82, 2.24) is 4.90 Å². The molecule has 1 aromatic rings. The maximum atomic E-state index is 13.0. The van der Waals surface area contributed by atoms with Gasteiger partial charge >= 0.3 is 0 Å². The number of carbonyl (C=O) groups is 1. The van der Waals surface area contributed by atoms with Crippen LogP contribution in [-0.4, -0.2) is 36.6 Å². The van der Waals surface area contributed by atoms with Gasteiger partial charge in [-0.2, -0.15) is 0 Å². The van der Waals surface area contributed by atoms with Crippen LogP contribution in [0.15, 0.2) is 35.2 Å². The third-order valence-electron chi connectivity index (χ3n) is 6.41. The molecule has 3 fully saturated rings. The lowest BCUT2D eigenvalue weighted by molar-refractivity contribution is -0.141. The van der Waals surface area contributed by atoms with Gasteiger partial charge in [-0.05, 0) is 50.7 Å². The van der Waals surface area contributed by atoms with E-state index >= 15 is 0 Å². The molecule has 5 heteroatoms. The molecular formula is C20H27NO3S. The summed E-state index contributed by atoms with van der Waals surface area (Å²) in [7, 11) is -3.30. The molecule has 0 spiro atoms. The predicted molar refractivity (Wildman–Crippen MR) is 96.9 cm³/mol. The van der Waals surface area contributed by atoms with E-state index in [1.165, 1.54) is 6.42 Å². The van der Waals surface area contributed by atoms with E-state index in [9.17, 15) is 13.2 Å². The van der Waals surface area contributed by atoms with Gasteiger partial charge in [-0.25, -0.2) is 8.42 Å². The minimum absolute atomic E-state index is 0.122. The Bertz CT molecular complexity index is 711. The lowest BCUT2D eigenvalue weighted by atomic mass is 9.87. The van der Waals surface area contributed by atoms with E-state index in [0.717, 1.165) is 38.5 Å². The van der Waals surface area contributed by atoms with Crippen molar-refractivity contribution in [2.24, 2.45) is 5.92 Å². The Balaban J connectivity index is 1.51. The first-order valence-electron chi connectivity index (χ1n) is 9.68. The average molecular weight is 362 g/mol. The van der Waals surface area contributed by atoms with Crippen LogP contribution in [0, 0.1) is 5.92 Å². The molecule has 0 radical (unpaired) electrons. The van der Waals surface area contributed by atoms with Crippen molar-refractivity contribution in [3.63, 3.8) is 0 Å². The van der Waals surface area contributed by atoms with Gasteiger partial charge in [0.25, 0.3) is 0 Å². The molecular weight excluding hydrogens is 334 g/mol. The summed E-state index contributed by atoms with van der Waals surface area (Å²) >= 11 is 0. The molecule has 1 saturated carbocycles. The second-order valence-corrected chi connectivity index (χ2v) is 10.1. The first kappa shape index (κ1) is 17.1. The van der Waals surface area contributed by atoms with Crippen molar-refractivity contribution in [3.05, 3.63) is 30.3 Å². The third kappa shape index (κ3) is 3.12.